The molecular weight excluding hydrogens is 307 g/mol. The number of carbonyl (C=O) groups excluding carboxylic acids is 1. The van der Waals surface area contributed by atoms with Gasteiger partial charge in [-0.1, -0.05) is 0 Å². The Morgan fingerprint density at radius 2 is 1.75 bits per heavy atom. The first-order chi connectivity index (χ1) is 11.6. The molecule has 1 aromatic carbocycles. The topological polar surface area (TPSA) is 49.3 Å². The zero-order valence-electron chi connectivity index (χ0n) is 13.9. The highest BCUT2D eigenvalue weighted by atomic mass is 19.1. The first kappa shape index (κ1) is 16.4. The molecule has 0 amide bonds. The second-order valence-electron chi connectivity index (χ2n) is 6.23. The standard InChI is InChI=1S/C18H21FN4O/c1-22(2)17-18(21-10-9-20-17)23-11-7-14(8-12-23)16(24)13-3-5-15(19)6-4-13/h3-6,9-10,14H,7-8,11-12H2,1-2H3. The highest BCUT2D eigenvalue weighted by molar-refractivity contribution is 5.98. The van der Waals surface area contributed by atoms with Gasteiger partial charge in [0.05, 0.1) is 0 Å². The maximum Gasteiger partial charge on any atom is 0.171 e. The molecule has 3 rings (SSSR count). The Morgan fingerprint density at radius 3 is 2.38 bits per heavy atom. The third-order valence-corrected chi connectivity index (χ3v) is 4.38. The van der Waals surface area contributed by atoms with E-state index in [1.54, 1.807) is 24.5 Å². The van der Waals surface area contributed by atoms with Crippen LogP contribution in [0.25, 0.3) is 0 Å². The van der Waals surface area contributed by atoms with E-state index in [9.17, 15) is 9.18 Å². The van der Waals surface area contributed by atoms with Gasteiger partial charge in [0.25, 0.3) is 0 Å². The van der Waals surface area contributed by atoms with E-state index in [1.165, 1.54) is 12.1 Å². The summed E-state index contributed by atoms with van der Waals surface area (Å²) in [6.45, 7) is 1.52. The average molecular weight is 328 g/mol. The van der Waals surface area contributed by atoms with Crippen LogP contribution >= 0.6 is 0 Å². The molecule has 0 N–H and O–H groups in total. The van der Waals surface area contributed by atoms with Gasteiger partial charge in [0.2, 0.25) is 0 Å². The van der Waals surface area contributed by atoms with E-state index >= 15 is 0 Å². The number of carbonyl (C=O) groups is 1. The summed E-state index contributed by atoms with van der Waals surface area (Å²) in [5.41, 5.74) is 0.586. The van der Waals surface area contributed by atoms with Gasteiger partial charge in [-0.3, -0.25) is 4.79 Å². The summed E-state index contributed by atoms with van der Waals surface area (Å²) in [6.07, 6.45) is 4.90. The normalized spacial score (nSPS) is 15.4. The molecule has 24 heavy (non-hydrogen) atoms. The van der Waals surface area contributed by atoms with Crippen molar-refractivity contribution in [2.24, 2.45) is 5.92 Å². The van der Waals surface area contributed by atoms with Crippen molar-refractivity contribution in [3.05, 3.63) is 48.0 Å². The fourth-order valence-corrected chi connectivity index (χ4v) is 3.07. The van der Waals surface area contributed by atoms with Crippen LogP contribution in [-0.2, 0) is 0 Å². The number of ketones is 1. The minimum atomic E-state index is -0.319. The van der Waals surface area contributed by atoms with Crippen LogP contribution < -0.4 is 9.80 Å². The molecule has 0 saturated carbocycles. The third kappa shape index (κ3) is 3.37. The third-order valence-electron chi connectivity index (χ3n) is 4.38. The Morgan fingerprint density at radius 1 is 1.12 bits per heavy atom. The van der Waals surface area contributed by atoms with Crippen molar-refractivity contribution < 1.29 is 9.18 Å². The number of aromatic nitrogens is 2. The van der Waals surface area contributed by atoms with Crippen molar-refractivity contribution in [2.75, 3.05) is 37.0 Å². The van der Waals surface area contributed by atoms with Gasteiger partial charge in [-0.25, -0.2) is 14.4 Å². The number of rotatable bonds is 4. The number of hydrogen-bond donors (Lipinski definition) is 0. The summed E-state index contributed by atoms with van der Waals surface area (Å²) in [4.78, 5) is 25.5. The van der Waals surface area contributed by atoms with Gasteiger partial charge < -0.3 is 9.80 Å². The van der Waals surface area contributed by atoms with E-state index in [0.29, 0.717) is 5.56 Å². The molecule has 0 radical (unpaired) electrons. The maximum absolute atomic E-state index is 13.0. The largest absolute Gasteiger partial charge is 0.360 e. The van der Waals surface area contributed by atoms with E-state index < -0.39 is 0 Å². The number of Topliss-reactive ketones (excluding diaryl/α,β-unsaturated/α-hetero) is 1. The molecule has 5 nitrogen and oxygen atoms in total. The van der Waals surface area contributed by atoms with Crippen molar-refractivity contribution >= 4 is 17.4 Å². The minimum Gasteiger partial charge on any atom is -0.360 e. The van der Waals surface area contributed by atoms with Gasteiger partial charge in [0.15, 0.2) is 17.4 Å². The average Bonchev–Trinajstić information content (AvgIpc) is 2.62. The van der Waals surface area contributed by atoms with Crippen LogP contribution in [0.2, 0.25) is 0 Å². The molecule has 126 valence electrons. The van der Waals surface area contributed by atoms with Gasteiger partial charge >= 0.3 is 0 Å². The van der Waals surface area contributed by atoms with E-state index in [4.69, 9.17) is 0 Å². The summed E-state index contributed by atoms with van der Waals surface area (Å²) in [6, 6.07) is 5.81. The summed E-state index contributed by atoms with van der Waals surface area (Å²) in [5, 5.41) is 0. The van der Waals surface area contributed by atoms with Crippen molar-refractivity contribution in [1.82, 2.24) is 9.97 Å². The lowest BCUT2D eigenvalue weighted by molar-refractivity contribution is 0.0900. The molecule has 1 fully saturated rings. The molecule has 0 bridgehead atoms. The maximum atomic E-state index is 13.0. The van der Waals surface area contributed by atoms with Gasteiger partial charge in [-0.05, 0) is 37.1 Å². The minimum absolute atomic E-state index is 0.0220. The lowest BCUT2D eigenvalue weighted by Crippen LogP contribution is -2.37. The molecule has 1 aliphatic heterocycles. The molecule has 6 heteroatoms. The number of halogens is 1. The fraction of sp³-hybridized carbons (Fsp3) is 0.389. The number of hydrogen-bond acceptors (Lipinski definition) is 5. The first-order valence-electron chi connectivity index (χ1n) is 8.09. The van der Waals surface area contributed by atoms with Crippen molar-refractivity contribution in [3.8, 4) is 0 Å². The molecule has 0 spiro atoms. The van der Waals surface area contributed by atoms with Gasteiger partial charge in [-0.15, -0.1) is 0 Å². The Kier molecular flexibility index (Phi) is 4.74. The SMILES string of the molecule is CN(C)c1nccnc1N1CCC(C(=O)c2ccc(F)cc2)CC1. The molecule has 2 aromatic rings. The smallest absolute Gasteiger partial charge is 0.171 e. The molecule has 1 saturated heterocycles. The van der Waals surface area contributed by atoms with Gasteiger partial charge in [0.1, 0.15) is 5.82 Å². The van der Waals surface area contributed by atoms with Crippen LogP contribution in [0.15, 0.2) is 36.7 Å². The van der Waals surface area contributed by atoms with Crippen molar-refractivity contribution in [3.63, 3.8) is 0 Å². The predicted octanol–water partition coefficient (Wildman–Crippen LogP) is 2.78. The molecule has 1 aliphatic rings. The van der Waals surface area contributed by atoms with E-state index in [-0.39, 0.29) is 17.5 Å². The molecule has 0 atom stereocenters. The van der Waals surface area contributed by atoms with E-state index in [0.717, 1.165) is 37.6 Å². The molecule has 0 aliphatic carbocycles. The lowest BCUT2D eigenvalue weighted by Gasteiger charge is -2.33. The zero-order chi connectivity index (χ0) is 17.1. The molecule has 2 heterocycles. The van der Waals surface area contributed by atoms with Crippen molar-refractivity contribution in [2.45, 2.75) is 12.8 Å². The number of piperidine rings is 1. The van der Waals surface area contributed by atoms with Crippen LogP contribution in [0.5, 0.6) is 0 Å². The van der Waals surface area contributed by atoms with Crippen LogP contribution in [0.4, 0.5) is 16.0 Å². The quantitative estimate of drug-likeness (QED) is 0.808. The number of benzene rings is 1. The zero-order valence-corrected chi connectivity index (χ0v) is 13.9. The highest BCUT2D eigenvalue weighted by Crippen LogP contribution is 2.29. The highest BCUT2D eigenvalue weighted by Gasteiger charge is 2.27. The molecule has 0 unspecified atom stereocenters. The van der Waals surface area contributed by atoms with Gasteiger partial charge in [0, 0.05) is 51.1 Å². The van der Waals surface area contributed by atoms with E-state index in [1.807, 2.05) is 19.0 Å². The predicted molar refractivity (Wildman–Crippen MR) is 92.0 cm³/mol. The van der Waals surface area contributed by atoms with E-state index in [2.05, 4.69) is 14.9 Å². The summed E-state index contributed by atoms with van der Waals surface area (Å²) >= 11 is 0. The fourth-order valence-electron chi connectivity index (χ4n) is 3.07. The van der Waals surface area contributed by atoms with Crippen LogP contribution in [0, 0.1) is 11.7 Å². The lowest BCUT2D eigenvalue weighted by atomic mass is 9.89. The summed E-state index contributed by atoms with van der Waals surface area (Å²) < 4.78 is 13.0. The Bertz CT molecular complexity index is 709. The summed E-state index contributed by atoms with van der Waals surface area (Å²) in [5.74, 6) is 1.45. The van der Waals surface area contributed by atoms with Crippen LogP contribution in [-0.4, -0.2) is 42.9 Å². The van der Waals surface area contributed by atoms with Crippen LogP contribution in [0.3, 0.4) is 0 Å². The van der Waals surface area contributed by atoms with Gasteiger partial charge in [-0.2, -0.15) is 0 Å². The Hall–Kier alpha value is -2.50. The number of anilines is 2. The Labute approximate surface area is 141 Å². The molecule has 1 aromatic heterocycles. The second kappa shape index (κ2) is 6.95. The number of nitrogens with zero attached hydrogens (tertiary/aromatic N) is 4. The second-order valence-corrected chi connectivity index (χ2v) is 6.23. The summed E-state index contributed by atoms with van der Waals surface area (Å²) in [7, 11) is 3.89. The van der Waals surface area contributed by atoms with Crippen LogP contribution in [0.1, 0.15) is 23.2 Å². The monoisotopic (exact) mass is 328 g/mol. The first-order valence-corrected chi connectivity index (χ1v) is 8.09. The van der Waals surface area contributed by atoms with Crippen molar-refractivity contribution in [1.29, 1.82) is 0 Å². The molecular formula is C18H21FN4O. The Balaban J connectivity index is 1.68.